The average molecular weight is 341 g/mol. The molecule has 7 nitrogen and oxygen atoms in total. The zero-order chi connectivity index (χ0) is 16.2. The number of hydrogen-bond donors (Lipinski definition) is 2. The number of nitrogens with zero attached hydrogens (tertiary/aromatic N) is 2. The van der Waals surface area contributed by atoms with Gasteiger partial charge in [-0.3, -0.25) is 4.79 Å². The van der Waals surface area contributed by atoms with Gasteiger partial charge in [0.2, 0.25) is 11.9 Å². The van der Waals surface area contributed by atoms with Crippen LogP contribution in [0.4, 0.5) is 11.6 Å². The number of anilines is 2. The van der Waals surface area contributed by atoms with Crippen molar-refractivity contribution < 1.29 is 13.2 Å². The van der Waals surface area contributed by atoms with E-state index in [0.29, 0.717) is 5.69 Å². The molecule has 2 N–H and O–H groups in total. The van der Waals surface area contributed by atoms with E-state index in [2.05, 4.69) is 20.0 Å². The molecule has 1 aromatic heterocycles. The van der Waals surface area contributed by atoms with Crippen LogP contribution in [0, 0.1) is 0 Å². The molecule has 9 heteroatoms. The number of alkyl halides is 1. The SMILES string of the molecule is C[C@H](Cl)C(=O)Nc1ccc(S(=O)(=O)Nc2ncccn2)cc1. The topological polar surface area (TPSA) is 101 Å². The van der Waals surface area contributed by atoms with E-state index in [9.17, 15) is 13.2 Å². The Kier molecular flexibility index (Phi) is 4.94. The summed E-state index contributed by atoms with van der Waals surface area (Å²) in [6.45, 7) is 1.54. The normalized spacial score (nSPS) is 12.5. The lowest BCUT2D eigenvalue weighted by Gasteiger charge is -2.09. The highest BCUT2D eigenvalue weighted by Gasteiger charge is 2.16. The molecule has 116 valence electrons. The van der Waals surface area contributed by atoms with Crippen LogP contribution in [0.1, 0.15) is 6.92 Å². The first kappa shape index (κ1) is 16.2. The Morgan fingerprint density at radius 3 is 2.32 bits per heavy atom. The van der Waals surface area contributed by atoms with Crippen molar-refractivity contribution in [3.05, 3.63) is 42.7 Å². The summed E-state index contributed by atoms with van der Waals surface area (Å²) in [6, 6.07) is 7.24. The fourth-order valence-corrected chi connectivity index (χ4v) is 2.50. The predicted molar refractivity (Wildman–Crippen MR) is 83.2 cm³/mol. The van der Waals surface area contributed by atoms with Gasteiger partial charge >= 0.3 is 0 Å². The highest BCUT2D eigenvalue weighted by molar-refractivity contribution is 7.92. The minimum atomic E-state index is -3.79. The molecule has 0 aliphatic carbocycles. The molecule has 1 aromatic carbocycles. The molecule has 0 aliphatic heterocycles. The molecule has 0 spiro atoms. The van der Waals surface area contributed by atoms with Gasteiger partial charge in [0.15, 0.2) is 0 Å². The Labute approximate surface area is 132 Å². The quantitative estimate of drug-likeness (QED) is 0.809. The lowest BCUT2D eigenvalue weighted by Crippen LogP contribution is -2.20. The largest absolute Gasteiger partial charge is 0.325 e. The summed E-state index contributed by atoms with van der Waals surface area (Å²) >= 11 is 5.64. The fourth-order valence-electron chi connectivity index (χ4n) is 1.49. The van der Waals surface area contributed by atoms with Crippen molar-refractivity contribution >= 4 is 39.2 Å². The zero-order valence-electron chi connectivity index (χ0n) is 11.5. The molecule has 0 saturated heterocycles. The summed E-state index contributed by atoms with van der Waals surface area (Å²) in [5, 5.41) is 1.88. The number of nitrogens with one attached hydrogen (secondary N) is 2. The van der Waals surface area contributed by atoms with Crippen molar-refractivity contribution in [2.24, 2.45) is 0 Å². The van der Waals surface area contributed by atoms with Gasteiger partial charge in [-0.1, -0.05) is 0 Å². The molecule has 2 aromatic rings. The van der Waals surface area contributed by atoms with E-state index in [1.807, 2.05) is 0 Å². The summed E-state index contributed by atoms with van der Waals surface area (Å²) in [5.74, 6) is -0.385. The number of carbonyl (C=O) groups is 1. The standard InChI is InChI=1S/C13H13ClN4O3S/c1-9(14)12(19)17-10-3-5-11(6-4-10)22(20,21)18-13-15-7-2-8-16-13/h2-9H,1H3,(H,17,19)(H,15,16,18)/t9-/m0/s1. The smallest absolute Gasteiger partial charge is 0.264 e. The third-order valence-corrected chi connectivity index (χ3v) is 4.13. The number of rotatable bonds is 5. The van der Waals surface area contributed by atoms with Crippen molar-refractivity contribution in [1.29, 1.82) is 0 Å². The van der Waals surface area contributed by atoms with Gasteiger partial charge in [0.05, 0.1) is 4.90 Å². The maximum atomic E-state index is 12.1. The number of hydrogen-bond acceptors (Lipinski definition) is 5. The van der Waals surface area contributed by atoms with Crippen LogP contribution >= 0.6 is 11.6 Å². The van der Waals surface area contributed by atoms with Gasteiger partial charge in [-0.05, 0) is 37.3 Å². The van der Waals surface area contributed by atoms with Crippen molar-refractivity contribution in [2.45, 2.75) is 17.2 Å². The van der Waals surface area contributed by atoms with E-state index < -0.39 is 15.4 Å². The van der Waals surface area contributed by atoms with Gasteiger partial charge in [-0.25, -0.2) is 23.1 Å². The first-order chi connectivity index (χ1) is 10.4. The molecular formula is C13H13ClN4O3S. The van der Waals surface area contributed by atoms with Crippen LogP contribution in [0.15, 0.2) is 47.6 Å². The molecule has 0 unspecified atom stereocenters. The molecule has 22 heavy (non-hydrogen) atoms. The van der Waals surface area contributed by atoms with Crippen molar-refractivity contribution in [3.8, 4) is 0 Å². The summed E-state index contributed by atoms with van der Waals surface area (Å²) in [6.07, 6.45) is 2.85. The molecular weight excluding hydrogens is 328 g/mol. The van der Waals surface area contributed by atoms with Crippen LogP contribution < -0.4 is 10.0 Å². The van der Waals surface area contributed by atoms with Crippen molar-refractivity contribution in [3.63, 3.8) is 0 Å². The Bertz CT molecular complexity index is 749. The molecule has 0 aliphatic rings. The molecule has 0 bridgehead atoms. The zero-order valence-corrected chi connectivity index (χ0v) is 13.1. The van der Waals surface area contributed by atoms with Crippen LogP contribution in [-0.4, -0.2) is 29.7 Å². The van der Waals surface area contributed by atoms with E-state index in [-0.39, 0.29) is 16.8 Å². The molecule has 1 atom stereocenters. The fraction of sp³-hybridized carbons (Fsp3) is 0.154. The first-order valence-corrected chi connectivity index (χ1v) is 8.15. The summed E-state index contributed by atoms with van der Waals surface area (Å²) < 4.78 is 26.5. The molecule has 2 rings (SSSR count). The van der Waals surface area contributed by atoms with Crippen LogP contribution in [0.5, 0.6) is 0 Å². The number of benzene rings is 1. The molecule has 0 saturated carbocycles. The first-order valence-electron chi connectivity index (χ1n) is 6.23. The maximum absolute atomic E-state index is 12.1. The van der Waals surface area contributed by atoms with E-state index in [1.165, 1.54) is 36.7 Å². The van der Waals surface area contributed by atoms with Gasteiger partial charge in [0.25, 0.3) is 10.0 Å². The Morgan fingerprint density at radius 2 is 1.77 bits per heavy atom. The predicted octanol–water partition coefficient (Wildman–Crippen LogP) is 1.84. The second-order valence-corrected chi connectivity index (χ2v) is 6.64. The minimum Gasteiger partial charge on any atom is -0.325 e. The summed E-state index contributed by atoms with van der Waals surface area (Å²) in [7, 11) is -3.79. The minimum absolute atomic E-state index is 0.0177. The van der Waals surface area contributed by atoms with Crippen molar-refractivity contribution in [1.82, 2.24) is 9.97 Å². The van der Waals surface area contributed by atoms with Gasteiger partial charge in [-0.2, -0.15) is 0 Å². The second kappa shape index (κ2) is 6.71. The highest BCUT2D eigenvalue weighted by Crippen LogP contribution is 2.16. The van der Waals surface area contributed by atoms with Gasteiger partial charge < -0.3 is 5.32 Å². The Balaban J connectivity index is 2.14. The van der Waals surface area contributed by atoms with E-state index in [1.54, 1.807) is 13.0 Å². The Hall–Kier alpha value is -2.19. The molecule has 1 amide bonds. The van der Waals surface area contributed by atoms with E-state index in [4.69, 9.17) is 11.6 Å². The maximum Gasteiger partial charge on any atom is 0.264 e. The molecule has 0 fully saturated rings. The number of aromatic nitrogens is 2. The van der Waals surface area contributed by atoms with Gasteiger partial charge in [0, 0.05) is 18.1 Å². The van der Waals surface area contributed by atoms with Gasteiger partial charge in [0.1, 0.15) is 5.38 Å². The summed E-state index contributed by atoms with van der Waals surface area (Å²) in [5.41, 5.74) is 0.451. The number of amides is 1. The Morgan fingerprint density at radius 1 is 1.18 bits per heavy atom. The lowest BCUT2D eigenvalue weighted by atomic mass is 10.3. The third-order valence-electron chi connectivity index (χ3n) is 2.58. The van der Waals surface area contributed by atoms with E-state index in [0.717, 1.165) is 0 Å². The lowest BCUT2D eigenvalue weighted by molar-refractivity contribution is -0.115. The van der Waals surface area contributed by atoms with E-state index >= 15 is 0 Å². The molecule has 0 radical (unpaired) electrons. The molecule has 1 heterocycles. The number of halogens is 1. The van der Waals surface area contributed by atoms with Crippen LogP contribution in [0.3, 0.4) is 0 Å². The van der Waals surface area contributed by atoms with Gasteiger partial charge in [-0.15, -0.1) is 11.6 Å². The van der Waals surface area contributed by atoms with Crippen LogP contribution in [0.2, 0.25) is 0 Å². The number of carbonyl (C=O) groups excluding carboxylic acids is 1. The monoisotopic (exact) mass is 340 g/mol. The highest BCUT2D eigenvalue weighted by atomic mass is 35.5. The second-order valence-electron chi connectivity index (χ2n) is 4.31. The van der Waals surface area contributed by atoms with Crippen LogP contribution in [-0.2, 0) is 14.8 Å². The number of sulfonamides is 1. The van der Waals surface area contributed by atoms with Crippen LogP contribution in [0.25, 0.3) is 0 Å². The van der Waals surface area contributed by atoms with Crippen molar-refractivity contribution in [2.75, 3.05) is 10.0 Å². The average Bonchev–Trinajstić information content (AvgIpc) is 2.48. The third kappa shape index (κ3) is 4.15. The summed E-state index contributed by atoms with van der Waals surface area (Å²) in [4.78, 5) is 19.1.